The fourth-order valence-corrected chi connectivity index (χ4v) is 4.43. The van der Waals surface area contributed by atoms with Gasteiger partial charge in [-0.3, -0.25) is 9.78 Å². The summed E-state index contributed by atoms with van der Waals surface area (Å²) < 4.78 is 0. The Hall–Kier alpha value is -1.96. The Morgan fingerprint density at radius 3 is 3.00 bits per heavy atom. The van der Waals surface area contributed by atoms with Gasteiger partial charge in [-0.2, -0.15) is 0 Å². The van der Waals surface area contributed by atoms with Crippen LogP contribution in [0.2, 0.25) is 0 Å². The van der Waals surface area contributed by atoms with Crippen molar-refractivity contribution < 1.29 is 4.79 Å². The molecule has 1 heterocycles. The van der Waals surface area contributed by atoms with Crippen molar-refractivity contribution in [2.45, 2.75) is 52.4 Å². The molecule has 1 unspecified atom stereocenters. The van der Waals surface area contributed by atoms with E-state index in [0.29, 0.717) is 12.2 Å². The van der Waals surface area contributed by atoms with Gasteiger partial charge >= 0.3 is 0 Å². The van der Waals surface area contributed by atoms with E-state index in [4.69, 9.17) is 0 Å². The highest BCUT2D eigenvalue weighted by molar-refractivity contribution is 6.02. The number of carbonyl (C=O) groups is 1. The Morgan fingerprint density at radius 1 is 1.30 bits per heavy atom. The number of rotatable bonds is 3. The van der Waals surface area contributed by atoms with Crippen LogP contribution in [0.15, 0.2) is 30.5 Å². The van der Waals surface area contributed by atoms with Crippen LogP contribution in [0.3, 0.4) is 0 Å². The van der Waals surface area contributed by atoms with Crippen LogP contribution in [0.5, 0.6) is 0 Å². The van der Waals surface area contributed by atoms with Gasteiger partial charge in [0, 0.05) is 23.4 Å². The van der Waals surface area contributed by atoms with Gasteiger partial charge in [0.25, 0.3) is 0 Å². The van der Waals surface area contributed by atoms with Crippen molar-refractivity contribution in [2.24, 2.45) is 5.41 Å². The minimum atomic E-state index is 0.192. The molecule has 0 fully saturated rings. The second kappa shape index (κ2) is 5.30. The molecule has 0 saturated heterocycles. The predicted octanol–water partition coefficient (Wildman–Crippen LogP) is 5.02. The molecule has 0 N–H and O–H groups in total. The van der Waals surface area contributed by atoms with Crippen LogP contribution in [-0.4, -0.2) is 10.8 Å². The number of allylic oxidation sites excluding steroid dienone is 2. The Labute approximate surface area is 137 Å². The van der Waals surface area contributed by atoms with E-state index in [1.54, 1.807) is 0 Å². The first-order valence-electron chi connectivity index (χ1n) is 8.76. The topological polar surface area (TPSA) is 30.0 Å². The van der Waals surface area contributed by atoms with Gasteiger partial charge in [0.1, 0.15) is 0 Å². The first-order valence-corrected chi connectivity index (χ1v) is 8.76. The predicted molar refractivity (Wildman–Crippen MR) is 94.4 cm³/mol. The van der Waals surface area contributed by atoms with E-state index < -0.39 is 0 Å². The van der Waals surface area contributed by atoms with Crippen molar-refractivity contribution in [2.75, 3.05) is 0 Å². The molecule has 2 aliphatic rings. The number of fused-ring (bicyclic) bond motifs is 4. The van der Waals surface area contributed by atoms with Gasteiger partial charge in [-0.05, 0) is 72.7 Å². The van der Waals surface area contributed by atoms with Crippen molar-refractivity contribution in [1.82, 2.24) is 4.98 Å². The lowest BCUT2D eigenvalue weighted by atomic mass is 9.69. The van der Waals surface area contributed by atoms with Gasteiger partial charge in [-0.15, -0.1) is 0 Å². The van der Waals surface area contributed by atoms with Crippen LogP contribution < -0.4 is 0 Å². The molecule has 118 valence electrons. The summed E-state index contributed by atoms with van der Waals surface area (Å²) in [6.07, 6.45) is 10.3. The molecule has 1 aromatic heterocycles. The quantitative estimate of drug-likeness (QED) is 0.796. The van der Waals surface area contributed by atoms with Crippen molar-refractivity contribution in [3.8, 4) is 0 Å². The van der Waals surface area contributed by atoms with E-state index >= 15 is 0 Å². The number of ketones is 1. The number of carbonyl (C=O) groups excluding carboxylic acids is 1. The fraction of sp³-hybridized carbons (Fsp3) is 0.429. The number of pyridine rings is 1. The third-order valence-electron chi connectivity index (χ3n) is 5.74. The van der Waals surface area contributed by atoms with Gasteiger partial charge in [0.15, 0.2) is 5.78 Å². The molecule has 2 aliphatic carbocycles. The zero-order valence-corrected chi connectivity index (χ0v) is 14.0. The zero-order chi connectivity index (χ0) is 16.0. The number of aryl methyl sites for hydroxylation is 1. The van der Waals surface area contributed by atoms with E-state index in [9.17, 15) is 4.79 Å². The van der Waals surface area contributed by atoms with Gasteiger partial charge in [-0.25, -0.2) is 0 Å². The molecular formula is C21H23NO. The molecular weight excluding hydrogens is 282 g/mol. The lowest BCUT2D eigenvalue weighted by Gasteiger charge is -2.34. The summed E-state index contributed by atoms with van der Waals surface area (Å²) in [5.74, 6) is 0.294. The Morgan fingerprint density at radius 2 is 2.17 bits per heavy atom. The summed E-state index contributed by atoms with van der Waals surface area (Å²) >= 11 is 0. The van der Waals surface area contributed by atoms with Crippen LogP contribution in [0.25, 0.3) is 16.5 Å². The van der Waals surface area contributed by atoms with Gasteiger partial charge in [0.2, 0.25) is 0 Å². The molecule has 0 aliphatic heterocycles. The molecule has 2 heteroatoms. The molecule has 0 spiro atoms. The smallest absolute Gasteiger partial charge is 0.156 e. The number of nitrogens with zero attached hydrogens (tertiary/aromatic N) is 1. The molecule has 0 saturated carbocycles. The highest BCUT2D eigenvalue weighted by Crippen LogP contribution is 2.55. The van der Waals surface area contributed by atoms with E-state index in [0.717, 1.165) is 18.4 Å². The first-order chi connectivity index (χ1) is 11.1. The zero-order valence-electron chi connectivity index (χ0n) is 14.0. The second-order valence-corrected chi connectivity index (χ2v) is 7.24. The third kappa shape index (κ3) is 2.23. The number of aromatic nitrogens is 1. The summed E-state index contributed by atoms with van der Waals surface area (Å²) in [5, 5.41) is 1.22. The van der Waals surface area contributed by atoms with Crippen LogP contribution in [-0.2, 0) is 11.2 Å². The van der Waals surface area contributed by atoms with Crippen LogP contribution in [0.4, 0.5) is 0 Å². The molecule has 0 radical (unpaired) electrons. The van der Waals surface area contributed by atoms with Crippen LogP contribution >= 0.6 is 0 Å². The van der Waals surface area contributed by atoms with Crippen molar-refractivity contribution >= 4 is 22.3 Å². The first kappa shape index (κ1) is 14.6. The van der Waals surface area contributed by atoms with Gasteiger partial charge in [0.05, 0.1) is 5.52 Å². The molecule has 0 amide bonds. The van der Waals surface area contributed by atoms with Gasteiger partial charge in [-0.1, -0.05) is 19.8 Å². The lowest BCUT2D eigenvalue weighted by molar-refractivity contribution is -0.115. The highest BCUT2D eigenvalue weighted by Gasteiger charge is 2.43. The lowest BCUT2D eigenvalue weighted by Crippen LogP contribution is -2.25. The van der Waals surface area contributed by atoms with E-state index in [2.05, 4.69) is 37.0 Å². The number of hydrogen-bond donors (Lipinski definition) is 0. The summed E-state index contributed by atoms with van der Waals surface area (Å²) in [7, 11) is 0. The SMILES string of the molecule is CCCCC12CCC(=O)C=C1c1cc3c(C)ccnc3cc1C2. The average molecular weight is 305 g/mol. The maximum absolute atomic E-state index is 12.1. The largest absolute Gasteiger partial charge is 0.295 e. The molecule has 1 atom stereocenters. The molecule has 23 heavy (non-hydrogen) atoms. The average Bonchev–Trinajstić information content (AvgIpc) is 2.85. The maximum Gasteiger partial charge on any atom is 0.156 e. The van der Waals surface area contributed by atoms with E-state index in [-0.39, 0.29) is 5.41 Å². The highest BCUT2D eigenvalue weighted by atomic mass is 16.1. The molecule has 2 aromatic rings. The Balaban J connectivity index is 1.90. The Bertz CT molecular complexity index is 833. The molecule has 2 nitrogen and oxygen atoms in total. The third-order valence-corrected chi connectivity index (χ3v) is 5.74. The summed E-state index contributed by atoms with van der Waals surface area (Å²) in [4.78, 5) is 16.6. The Kier molecular flexibility index (Phi) is 3.37. The van der Waals surface area contributed by atoms with Crippen LogP contribution in [0, 0.1) is 12.3 Å². The second-order valence-electron chi connectivity index (χ2n) is 7.24. The van der Waals surface area contributed by atoms with E-state index in [1.807, 2.05) is 12.3 Å². The van der Waals surface area contributed by atoms with Crippen LogP contribution in [0.1, 0.15) is 55.7 Å². The monoisotopic (exact) mass is 305 g/mol. The standard InChI is InChI=1S/C21H23NO/c1-3-4-7-21-8-5-16(23)11-19(21)18-12-17-14(2)6-9-22-20(17)10-15(18)13-21/h6,9-12H,3-5,7-8,13H2,1-2H3. The maximum atomic E-state index is 12.1. The van der Waals surface area contributed by atoms with Gasteiger partial charge < -0.3 is 0 Å². The van der Waals surface area contributed by atoms with Crippen molar-refractivity contribution in [3.63, 3.8) is 0 Å². The summed E-state index contributed by atoms with van der Waals surface area (Å²) in [5.41, 5.74) is 6.52. The van der Waals surface area contributed by atoms with Crippen molar-refractivity contribution in [1.29, 1.82) is 0 Å². The number of benzene rings is 1. The summed E-state index contributed by atoms with van der Waals surface area (Å²) in [6.45, 7) is 4.38. The van der Waals surface area contributed by atoms with Crippen molar-refractivity contribution in [3.05, 3.63) is 47.2 Å². The minimum absolute atomic E-state index is 0.192. The number of unbranched alkanes of at least 4 members (excludes halogenated alkanes) is 1. The molecule has 4 rings (SSSR count). The normalized spacial score (nSPS) is 22.9. The molecule has 0 bridgehead atoms. The fourth-order valence-electron chi connectivity index (χ4n) is 4.43. The number of hydrogen-bond acceptors (Lipinski definition) is 2. The minimum Gasteiger partial charge on any atom is -0.295 e. The molecule has 1 aromatic carbocycles. The van der Waals surface area contributed by atoms with E-state index in [1.165, 1.54) is 46.9 Å². The summed E-state index contributed by atoms with van der Waals surface area (Å²) in [6, 6.07) is 6.61.